The van der Waals surface area contributed by atoms with E-state index in [0.717, 1.165) is 34.2 Å². The fourth-order valence-corrected chi connectivity index (χ4v) is 4.71. The third-order valence-corrected chi connectivity index (χ3v) is 6.44. The molecule has 3 aromatic heterocycles. The van der Waals surface area contributed by atoms with Crippen LogP contribution in [0.15, 0.2) is 60.9 Å². The van der Waals surface area contributed by atoms with Gasteiger partial charge in [-0.3, -0.25) is 4.68 Å². The molecule has 1 atom stereocenters. The standard InChI is InChI=1S/C26H25FN8O/c27-22-5-4-16-9-23(22)36-15-18-3-1-2-17(8-18)13-35-14-19(12-30-35)20(6-7-29-11-16)21-10-24(28)31-26-25(21)32-34-33-26/h1-5,8-10,12,14,20,29H,6-7,11,13,15H2,(H3,28,31,32,33,34). The lowest BCUT2D eigenvalue weighted by molar-refractivity contribution is 0.289. The number of ether oxygens (including phenoxy) is 1. The van der Waals surface area contributed by atoms with Gasteiger partial charge in [0.25, 0.3) is 0 Å². The van der Waals surface area contributed by atoms with E-state index in [1.807, 2.05) is 35.1 Å². The van der Waals surface area contributed by atoms with Crippen molar-refractivity contribution in [2.75, 3.05) is 12.3 Å². The lowest BCUT2D eigenvalue weighted by Crippen LogP contribution is -2.18. The second-order valence-electron chi connectivity index (χ2n) is 8.99. The summed E-state index contributed by atoms with van der Waals surface area (Å²) in [5, 5.41) is 19.2. The number of nitrogens with one attached hydrogen (secondary N) is 2. The Labute approximate surface area is 206 Å². The Bertz CT molecular complexity index is 1530. The van der Waals surface area contributed by atoms with Gasteiger partial charge in [0.05, 0.1) is 12.7 Å². The van der Waals surface area contributed by atoms with Crippen LogP contribution in [0, 0.1) is 5.82 Å². The maximum atomic E-state index is 14.4. The number of aromatic amines is 1. The maximum Gasteiger partial charge on any atom is 0.203 e. The van der Waals surface area contributed by atoms with Crippen LogP contribution in [0.25, 0.3) is 11.2 Å². The number of aromatic nitrogens is 6. The summed E-state index contributed by atoms with van der Waals surface area (Å²) in [5.41, 5.74) is 12.3. The predicted octanol–water partition coefficient (Wildman–Crippen LogP) is 3.52. The Kier molecular flexibility index (Phi) is 5.78. The van der Waals surface area contributed by atoms with Crippen LogP contribution in [0.5, 0.6) is 5.75 Å². The first-order valence-corrected chi connectivity index (χ1v) is 11.8. The van der Waals surface area contributed by atoms with E-state index in [2.05, 4.69) is 43.1 Å². The van der Waals surface area contributed by atoms with Crippen molar-refractivity contribution in [3.8, 4) is 5.75 Å². The van der Waals surface area contributed by atoms with Gasteiger partial charge in [0.1, 0.15) is 17.9 Å². The Morgan fingerprint density at radius 3 is 2.92 bits per heavy atom. The third kappa shape index (κ3) is 4.50. The number of anilines is 1. The molecule has 0 spiro atoms. The fourth-order valence-electron chi connectivity index (χ4n) is 4.71. The second-order valence-corrected chi connectivity index (χ2v) is 8.99. The van der Waals surface area contributed by atoms with Crippen molar-refractivity contribution in [3.05, 3.63) is 94.6 Å². The van der Waals surface area contributed by atoms with E-state index < -0.39 is 0 Å². The van der Waals surface area contributed by atoms with Gasteiger partial charge in [-0.15, -0.1) is 5.10 Å². The summed E-state index contributed by atoms with van der Waals surface area (Å²) in [6, 6.07) is 14.9. The topological polar surface area (TPSA) is 120 Å². The van der Waals surface area contributed by atoms with Gasteiger partial charge in [0.15, 0.2) is 11.6 Å². The molecular weight excluding hydrogens is 459 g/mol. The number of fused-ring (bicyclic) bond motifs is 7. The average molecular weight is 485 g/mol. The number of benzene rings is 2. The van der Waals surface area contributed by atoms with Gasteiger partial charge in [0, 0.05) is 18.7 Å². The van der Waals surface area contributed by atoms with Gasteiger partial charge in [-0.2, -0.15) is 15.4 Å². The zero-order valence-electron chi connectivity index (χ0n) is 19.5. The lowest BCUT2D eigenvalue weighted by Gasteiger charge is -2.17. The molecule has 182 valence electrons. The third-order valence-electron chi connectivity index (χ3n) is 6.44. The van der Waals surface area contributed by atoms with Crippen molar-refractivity contribution in [2.24, 2.45) is 0 Å². The number of hydrogen-bond donors (Lipinski definition) is 3. The molecule has 6 bridgehead atoms. The molecule has 0 fully saturated rings. The van der Waals surface area contributed by atoms with Crippen LogP contribution in [-0.4, -0.2) is 36.7 Å². The van der Waals surface area contributed by atoms with E-state index in [9.17, 15) is 4.39 Å². The zero-order valence-corrected chi connectivity index (χ0v) is 19.5. The van der Waals surface area contributed by atoms with Gasteiger partial charge in [-0.25, -0.2) is 9.37 Å². The highest BCUT2D eigenvalue weighted by Gasteiger charge is 2.22. The Morgan fingerprint density at radius 1 is 1.06 bits per heavy atom. The average Bonchev–Trinajstić information content (AvgIpc) is 3.53. The largest absolute Gasteiger partial charge is 0.486 e. The van der Waals surface area contributed by atoms with Crippen LogP contribution >= 0.6 is 0 Å². The van der Waals surface area contributed by atoms with Crippen LogP contribution in [0.3, 0.4) is 0 Å². The van der Waals surface area contributed by atoms with E-state index in [0.29, 0.717) is 36.6 Å². The quantitative estimate of drug-likeness (QED) is 0.333. The lowest BCUT2D eigenvalue weighted by atomic mass is 9.90. The van der Waals surface area contributed by atoms with Gasteiger partial charge < -0.3 is 15.8 Å². The molecule has 10 heteroatoms. The van der Waals surface area contributed by atoms with Crippen molar-refractivity contribution in [1.82, 2.24) is 35.5 Å². The van der Waals surface area contributed by atoms with Crippen molar-refractivity contribution in [3.63, 3.8) is 0 Å². The van der Waals surface area contributed by atoms with E-state index in [1.54, 1.807) is 12.1 Å². The summed E-state index contributed by atoms with van der Waals surface area (Å²) in [6.07, 6.45) is 4.72. The first-order valence-electron chi connectivity index (χ1n) is 11.8. The summed E-state index contributed by atoms with van der Waals surface area (Å²) < 4.78 is 22.1. The number of halogens is 1. The normalized spacial score (nSPS) is 16.4. The second kappa shape index (κ2) is 9.38. The molecule has 0 radical (unpaired) electrons. The summed E-state index contributed by atoms with van der Waals surface area (Å²) in [4.78, 5) is 4.29. The molecule has 0 saturated heterocycles. The highest BCUT2D eigenvalue weighted by Crippen LogP contribution is 2.32. The predicted molar refractivity (Wildman–Crippen MR) is 133 cm³/mol. The van der Waals surface area contributed by atoms with Gasteiger partial charge in [-0.1, -0.05) is 30.3 Å². The minimum Gasteiger partial charge on any atom is -0.486 e. The molecular formula is C26H25FN8O. The molecule has 36 heavy (non-hydrogen) atoms. The molecule has 5 aromatic rings. The molecule has 0 saturated carbocycles. The summed E-state index contributed by atoms with van der Waals surface area (Å²) >= 11 is 0. The highest BCUT2D eigenvalue weighted by molar-refractivity contribution is 5.77. The SMILES string of the molecule is Nc1cc(C2CCNCc3ccc(F)c(c3)OCc3cccc(c3)Cn3cc2cn3)c2n[nH]nc2n1. The van der Waals surface area contributed by atoms with Crippen LogP contribution < -0.4 is 15.8 Å². The summed E-state index contributed by atoms with van der Waals surface area (Å²) in [7, 11) is 0. The van der Waals surface area contributed by atoms with Crippen molar-refractivity contribution in [1.29, 1.82) is 0 Å². The molecule has 4 heterocycles. The highest BCUT2D eigenvalue weighted by atomic mass is 19.1. The van der Waals surface area contributed by atoms with Gasteiger partial charge in [-0.05, 0) is 59.0 Å². The van der Waals surface area contributed by atoms with Crippen LogP contribution in [0.4, 0.5) is 10.2 Å². The van der Waals surface area contributed by atoms with Crippen LogP contribution in [-0.2, 0) is 19.7 Å². The fraction of sp³-hybridized carbons (Fsp3) is 0.231. The molecule has 4 N–H and O–H groups in total. The Balaban J connectivity index is 1.39. The van der Waals surface area contributed by atoms with E-state index in [-0.39, 0.29) is 24.1 Å². The number of hydrogen-bond acceptors (Lipinski definition) is 7. The van der Waals surface area contributed by atoms with Gasteiger partial charge >= 0.3 is 0 Å². The van der Waals surface area contributed by atoms with Crippen molar-refractivity contribution >= 4 is 17.0 Å². The smallest absolute Gasteiger partial charge is 0.203 e. The van der Waals surface area contributed by atoms with Crippen molar-refractivity contribution < 1.29 is 9.13 Å². The monoisotopic (exact) mass is 484 g/mol. The first-order chi connectivity index (χ1) is 17.6. The molecule has 1 aliphatic rings. The van der Waals surface area contributed by atoms with Crippen LogP contribution in [0.2, 0.25) is 0 Å². The van der Waals surface area contributed by atoms with Crippen molar-refractivity contribution in [2.45, 2.75) is 32.0 Å². The van der Waals surface area contributed by atoms with Crippen LogP contribution in [0.1, 0.15) is 40.2 Å². The number of nitrogen functional groups attached to an aromatic ring is 1. The van der Waals surface area contributed by atoms with E-state index >= 15 is 0 Å². The summed E-state index contributed by atoms with van der Waals surface area (Å²) in [5.74, 6) is 0.242. The number of nitrogens with two attached hydrogens (primary N) is 1. The van der Waals surface area contributed by atoms with E-state index in [1.165, 1.54) is 6.07 Å². The number of nitrogens with zero attached hydrogens (tertiary/aromatic N) is 5. The first kappa shape index (κ1) is 22.2. The molecule has 1 aliphatic heterocycles. The minimum absolute atomic E-state index is 0.0294. The number of pyridine rings is 1. The molecule has 0 amide bonds. The minimum atomic E-state index is -0.372. The Morgan fingerprint density at radius 2 is 1.97 bits per heavy atom. The van der Waals surface area contributed by atoms with E-state index in [4.69, 9.17) is 10.5 Å². The molecule has 1 unspecified atom stereocenters. The maximum absolute atomic E-state index is 14.4. The van der Waals surface area contributed by atoms with Gasteiger partial charge in [0.2, 0.25) is 5.65 Å². The molecule has 6 rings (SSSR count). The molecule has 2 aromatic carbocycles. The molecule has 0 aliphatic carbocycles. The Hall–Kier alpha value is -4.31. The number of rotatable bonds is 1. The zero-order chi connectivity index (χ0) is 24.5. The number of H-pyrrole nitrogens is 1. The molecule has 9 nitrogen and oxygen atoms in total. The summed E-state index contributed by atoms with van der Waals surface area (Å²) in [6.45, 7) is 2.16.